The molecule has 2 amide bonds. The summed E-state index contributed by atoms with van der Waals surface area (Å²) < 4.78 is 10.6. The number of anilines is 1. The molecule has 0 atom stereocenters. The molecule has 30 heavy (non-hydrogen) atoms. The number of carbonyl (C=O) groups is 4. The van der Waals surface area contributed by atoms with Crippen LogP contribution in [0, 0.1) is 5.41 Å². The van der Waals surface area contributed by atoms with Crippen molar-refractivity contribution < 1.29 is 28.7 Å². The van der Waals surface area contributed by atoms with Crippen LogP contribution in [0.3, 0.4) is 0 Å². The molecular formula is C22H28N2O6. The van der Waals surface area contributed by atoms with Crippen LogP contribution in [0.25, 0.3) is 0 Å². The van der Waals surface area contributed by atoms with Gasteiger partial charge in [0.2, 0.25) is 5.91 Å². The molecule has 3 rings (SSSR count). The number of ketones is 1. The number of morpholine rings is 1. The molecular weight excluding hydrogens is 388 g/mol. The van der Waals surface area contributed by atoms with Gasteiger partial charge in [-0.05, 0) is 31.9 Å². The van der Waals surface area contributed by atoms with E-state index in [1.54, 1.807) is 29.2 Å². The molecule has 0 spiro atoms. The molecule has 0 aromatic heterocycles. The lowest BCUT2D eigenvalue weighted by Gasteiger charge is -2.31. The van der Waals surface area contributed by atoms with Crippen LogP contribution in [0.4, 0.5) is 5.69 Å². The van der Waals surface area contributed by atoms with Crippen molar-refractivity contribution in [3.63, 3.8) is 0 Å². The standard InChI is InChI=1S/C22H28N2O6/c1-16(25)17-6-2-3-7-18(17)23-19(26)15-30-21(28)22(8-4-5-9-22)14-20(27)24-10-12-29-13-11-24/h2-3,6-7H,4-5,8-15H2,1H3,(H,23,26). The van der Waals surface area contributed by atoms with Crippen LogP contribution >= 0.6 is 0 Å². The Morgan fingerprint density at radius 3 is 2.43 bits per heavy atom. The van der Waals surface area contributed by atoms with E-state index in [9.17, 15) is 19.2 Å². The Hall–Kier alpha value is -2.74. The lowest BCUT2D eigenvalue weighted by Crippen LogP contribution is -2.44. The maximum absolute atomic E-state index is 12.9. The maximum atomic E-state index is 12.9. The third-order valence-electron chi connectivity index (χ3n) is 5.76. The van der Waals surface area contributed by atoms with Gasteiger partial charge >= 0.3 is 5.97 Å². The average molecular weight is 416 g/mol. The SMILES string of the molecule is CC(=O)c1ccccc1NC(=O)COC(=O)C1(CC(=O)N2CCOCC2)CCCC1. The minimum absolute atomic E-state index is 0.0722. The number of Topliss-reactive ketones (excluding diaryl/α,β-unsaturated/α-hetero) is 1. The van der Waals surface area contributed by atoms with Crippen molar-refractivity contribution in [2.75, 3.05) is 38.2 Å². The number of amides is 2. The highest BCUT2D eigenvalue weighted by Crippen LogP contribution is 2.42. The molecule has 2 fully saturated rings. The van der Waals surface area contributed by atoms with Crippen molar-refractivity contribution in [1.82, 2.24) is 4.90 Å². The Kier molecular flexibility index (Phi) is 7.20. The summed E-state index contributed by atoms with van der Waals surface area (Å²) in [5.74, 6) is -1.27. The average Bonchev–Trinajstić information content (AvgIpc) is 3.22. The smallest absolute Gasteiger partial charge is 0.313 e. The summed E-state index contributed by atoms with van der Waals surface area (Å²) in [6.07, 6.45) is 2.96. The quantitative estimate of drug-likeness (QED) is 0.540. The first kappa shape index (κ1) is 22.0. The fourth-order valence-electron chi connectivity index (χ4n) is 4.09. The number of nitrogens with zero attached hydrogens (tertiary/aromatic N) is 1. The highest BCUT2D eigenvalue weighted by Gasteiger charge is 2.45. The molecule has 162 valence electrons. The molecule has 1 aromatic carbocycles. The first-order chi connectivity index (χ1) is 14.4. The van der Waals surface area contributed by atoms with Crippen molar-refractivity contribution in [1.29, 1.82) is 0 Å². The fourth-order valence-corrected chi connectivity index (χ4v) is 4.09. The van der Waals surface area contributed by atoms with Gasteiger partial charge in [0.15, 0.2) is 12.4 Å². The van der Waals surface area contributed by atoms with Gasteiger partial charge in [-0.15, -0.1) is 0 Å². The molecule has 1 heterocycles. The van der Waals surface area contributed by atoms with Gasteiger partial charge in [-0.25, -0.2) is 0 Å². The molecule has 1 saturated heterocycles. The lowest BCUT2D eigenvalue weighted by atomic mass is 9.82. The predicted octanol–water partition coefficient (Wildman–Crippen LogP) is 2.18. The molecule has 0 unspecified atom stereocenters. The van der Waals surface area contributed by atoms with E-state index in [0.717, 1.165) is 12.8 Å². The molecule has 8 heteroatoms. The summed E-state index contributed by atoms with van der Waals surface area (Å²) >= 11 is 0. The summed E-state index contributed by atoms with van der Waals surface area (Å²) in [7, 11) is 0. The highest BCUT2D eigenvalue weighted by atomic mass is 16.5. The first-order valence-corrected chi connectivity index (χ1v) is 10.3. The van der Waals surface area contributed by atoms with Gasteiger partial charge in [0.05, 0.1) is 24.3 Å². The van der Waals surface area contributed by atoms with Crippen molar-refractivity contribution >= 4 is 29.3 Å². The Balaban J connectivity index is 1.58. The van der Waals surface area contributed by atoms with Crippen LogP contribution < -0.4 is 5.32 Å². The zero-order valence-electron chi connectivity index (χ0n) is 17.3. The van der Waals surface area contributed by atoms with Gasteiger partial charge in [-0.2, -0.15) is 0 Å². The monoisotopic (exact) mass is 416 g/mol. The molecule has 8 nitrogen and oxygen atoms in total. The molecule has 2 aliphatic rings. The topological polar surface area (TPSA) is 102 Å². The summed E-state index contributed by atoms with van der Waals surface area (Å²) in [5.41, 5.74) is -0.0999. The van der Waals surface area contributed by atoms with E-state index in [1.807, 2.05) is 0 Å². The number of hydrogen-bond acceptors (Lipinski definition) is 6. The van der Waals surface area contributed by atoms with Gasteiger partial charge in [0.1, 0.15) is 0 Å². The van der Waals surface area contributed by atoms with Crippen LogP contribution in [0.2, 0.25) is 0 Å². The lowest BCUT2D eigenvalue weighted by molar-refractivity contribution is -0.161. The molecule has 1 aromatic rings. The predicted molar refractivity (Wildman–Crippen MR) is 109 cm³/mol. The minimum Gasteiger partial charge on any atom is -0.455 e. The number of esters is 1. The zero-order chi connectivity index (χ0) is 21.6. The van der Waals surface area contributed by atoms with Gasteiger partial charge in [-0.1, -0.05) is 25.0 Å². The molecule has 1 aliphatic heterocycles. The van der Waals surface area contributed by atoms with Crippen LogP contribution in [0.5, 0.6) is 0 Å². The van der Waals surface area contributed by atoms with Gasteiger partial charge in [0.25, 0.3) is 5.91 Å². The Labute approximate surface area is 175 Å². The van der Waals surface area contributed by atoms with E-state index >= 15 is 0 Å². The number of para-hydroxylation sites is 1. The number of nitrogens with one attached hydrogen (secondary N) is 1. The molecule has 1 saturated carbocycles. The van der Waals surface area contributed by atoms with Crippen molar-refractivity contribution in [2.24, 2.45) is 5.41 Å². The van der Waals surface area contributed by atoms with Crippen molar-refractivity contribution in [3.8, 4) is 0 Å². The third-order valence-corrected chi connectivity index (χ3v) is 5.76. The Morgan fingerprint density at radius 2 is 1.77 bits per heavy atom. The first-order valence-electron chi connectivity index (χ1n) is 10.3. The van der Waals surface area contributed by atoms with E-state index in [2.05, 4.69) is 5.32 Å². The summed E-state index contributed by atoms with van der Waals surface area (Å²) in [5, 5.41) is 2.62. The summed E-state index contributed by atoms with van der Waals surface area (Å²) in [6.45, 7) is 3.03. The second kappa shape index (κ2) is 9.84. The zero-order valence-corrected chi connectivity index (χ0v) is 17.3. The summed E-state index contributed by atoms with van der Waals surface area (Å²) in [4.78, 5) is 51.3. The molecule has 0 radical (unpaired) electrons. The minimum atomic E-state index is -0.868. The van der Waals surface area contributed by atoms with Crippen LogP contribution in [-0.2, 0) is 23.9 Å². The maximum Gasteiger partial charge on any atom is 0.313 e. The number of hydrogen-bond donors (Lipinski definition) is 1. The Morgan fingerprint density at radius 1 is 1.10 bits per heavy atom. The second-order valence-corrected chi connectivity index (χ2v) is 7.88. The molecule has 1 aliphatic carbocycles. The number of ether oxygens (including phenoxy) is 2. The summed E-state index contributed by atoms with van der Waals surface area (Å²) in [6, 6.07) is 6.66. The highest BCUT2D eigenvalue weighted by molar-refractivity contribution is 6.04. The van der Waals surface area contributed by atoms with Gasteiger partial charge in [-0.3, -0.25) is 19.2 Å². The van der Waals surface area contributed by atoms with Crippen LogP contribution in [-0.4, -0.2) is 61.4 Å². The van der Waals surface area contributed by atoms with Crippen LogP contribution in [0.15, 0.2) is 24.3 Å². The number of rotatable bonds is 7. The second-order valence-electron chi connectivity index (χ2n) is 7.88. The van der Waals surface area contributed by atoms with Crippen molar-refractivity contribution in [2.45, 2.75) is 39.0 Å². The van der Waals surface area contributed by atoms with Gasteiger partial charge < -0.3 is 19.7 Å². The van der Waals surface area contributed by atoms with Crippen molar-refractivity contribution in [3.05, 3.63) is 29.8 Å². The van der Waals surface area contributed by atoms with E-state index in [-0.39, 0.29) is 18.1 Å². The van der Waals surface area contributed by atoms with Gasteiger partial charge in [0, 0.05) is 25.1 Å². The van der Waals surface area contributed by atoms with E-state index in [1.165, 1.54) is 6.92 Å². The normalized spacial score (nSPS) is 18.0. The van der Waals surface area contributed by atoms with Crippen LogP contribution in [0.1, 0.15) is 49.4 Å². The third kappa shape index (κ3) is 5.24. The largest absolute Gasteiger partial charge is 0.455 e. The number of carbonyl (C=O) groups excluding carboxylic acids is 4. The molecule has 1 N–H and O–H groups in total. The molecule has 0 bridgehead atoms. The fraction of sp³-hybridized carbons (Fsp3) is 0.545. The number of benzene rings is 1. The van der Waals surface area contributed by atoms with E-state index < -0.39 is 23.9 Å². The van der Waals surface area contributed by atoms with E-state index in [0.29, 0.717) is 50.4 Å². The Bertz CT molecular complexity index is 810. The van der Waals surface area contributed by atoms with E-state index in [4.69, 9.17) is 9.47 Å².